The van der Waals surface area contributed by atoms with E-state index in [1.54, 1.807) is 14.2 Å². The topological polar surface area (TPSA) is 117 Å². The zero-order valence-electron chi connectivity index (χ0n) is 20.0. The number of nitrogens with one attached hydrogen (secondary N) is 1. The number of aromatic amines is 1. The number of hydrogen-bond donors (Lipinski definition) is 1. The highest BCUT2D eigenvalue weighted by Gasteiger charge is 2.36. The monoisotopic (exact) mass is 462 g/mol. The highest BCUT2D eigenvalue weighted by Crippen LogP contribution is 2.31. The van der Waals surface area contributed by atoms with Gasteiger partial charge in [0.25, 0.3) is 0 Å². The van der Waals surface area contributed by atoms with Crippen LogP contribution in [-0.2, 0) is 28.2 Å². The van der Waals surface area contributed by atoms with E-state index in [0.717, 1.165) is 47.6 Å². The first-order valence-electron chi connectivity index (χ1n) is 11.5. The third kappa shape index (κ3) is 4.73. The second kappa shape index (κ2) is 10.6. The van der Waals surface area contributed by atoms with Gasteiger partial charge in [-0.3, -0.25) is 4.98 Å². The van der Waals surface area contributed by atoms with E-state index in [1.165, 1.54) is 0 Å². The molecule has 0 aliphatic carbocycles. The number of tetrazole rings is 1. The Labute approximate surface area is 198 Å². The number of benzene rings is 1. The summed E-state index contributed by atoms with van der Waals surface area (Å²) in [7, 11) is 3.26. The predicted molar refractivity (Wildman–Crippen MR) is 127 cm³/mol. The fourth-order valence-corrected chi connectivity index (χ4v) is 4.02. The molecule has 0 radical (unpaired) electrons. The molecule has 10 nitrogen and oxygen atoms in total. The van der Waals surface area contributed by atoms with Crippen LogP contribution >= 0.6 is 0 Å². The van der Waals surface area contributed by atoms with Gasteiger partial charge in [0.05, 0.1) is 0 Å². The quantitative estimate of drug-likeness (QED) is 0.335. The average molecular weight is 463 g/mol. The first-order chi connectivity index (χ1) is 16.6. The number of methoxy groups -OCH3 is 2. The summed E-state index contributed by atoms with van der Waals surface area (Å²) in [4.78, 5) is 9.53. The zero-order chi connectivity index (χ0) is 24.0. The van der Waals surface area contributed by atoms with Crippen LogP contribution in [0.15, 0.2) is 42.6 Å². The Kier molecular flexibility index (Phi) is 7.39. The molecular formula is C24H30N8O2. The second-order valence-electron chi connectivity index (χ2n) is 7.98. The average Bonchev–Trinajstić information content (AvgIpc) is 3.55. The summed E-state index contributed by atoms with van der Waals surface area (Å²) in [6.07, 6.45) is 4.91. The fourth-order valence-electron chi connectivity index (χ4n) is 4.02. The van der Waals surface area contributed by atoms with E-state index in [1.807, 2.05) is 47.3 Å². The number of ether oxygens (including phenoxy) is 2. The summed E-state index contributed by atoms with van der Waals surface area (Å²) in [6, 6.07) is 12.0. The van der Waals surface area contributed by atoms with Crippen molar-refractivity contribution in [3.8, 4) is 22.5 Å². The molecule has 4 rings (SSSR count). The fraction of sp³-hybridized carbons (Fsp3) is 0.417. The summed E-state index contributed by atoms with van der Waals surface area (Å²) < 4.78 is 13.4. The van der Waals surface area contributed by atoms with Crippen LogP contribution in [-0.4, -0.2) is 54.6 Å². The van der Waals surface area contributed by atoms with Crippen LogP contribution in [0.2, 0.25) is 0 Å². The summed E-state index contributed by atoms with van der Waals surface area (Å²) in [6.45, 7) is 4.96. The maximum absolute atomic E-state index is 5.72. The third-order valence-corrected chi connectivity index (χ3v) is 5.75. The van der Waals surface area contributed by atoms with E-state index >= 15 is 0 Å². The molecule has 0 aliphatic rings. The van der Waals surface area contributed by atoms with E-state index in [-0.39, 0.29) is 0 Å². The van der Waals surface area contributed by atoms with Gasteiger partial charge in [-0.2, -0.15) is 10.3 Å². The maximum Gasteiger partial charge on any atom is 0.231 e. The van der Waals surface area contributed by atoms with Gasteiger partial charge in [0, 0.05) is 56.6 Å². The van der Waals surface area contributed by atoms with Crippen molar-refractivity contribution in [2.45, 2.75) is 51.9 Å². The van der Waals surface area contributed by atoms with Crippen LogP contribution in [0.4, 0.5) is 0 Å². The van der Waals surface area contributed by atoms with Crippen LogP contribution in [0, 0.1) is 0 Å². The molecule has 3 aromatic heterocycles. The molecule has 0 saturated heterocycles. The molecule has 10 heteroatoms. The molecule has 34 heavy (non-hydrogen) atoms. The first kappa shape index (κ1) is 23.7. The zero-order valence-corrected chi connectivity index (χ0v) is 20.0. The molecule has 0 bridgehead atoms. The van der Waals surface area contributed by atoms with Gasteiger partial charge in [-0.1, -0.05) is 50.6 Å². The minimum absolute atomic E-state index is 0.548. The lowest BCUT2D eigenvalue weighted by molar-refractivity contribution is -0.225. The molecular weight excluding hydrogens is 432 g/mol. The molecule has 0 aliphatic heterocycles. The predicted octanol–water partition coefficient (Wildman–Crippen LogP) is 3.77. The summed E-state index contributed by atoms with van der Waals surface area (Å²) in [5, 5.41) is 19.2. The molecule has 0 unspecified atom stereocenters. The van der Waals surface area contributed by atoms with Gasteiger partial charge in [-0.05, 0) is 23.3 Å². The van der Waals surface area contributed by atoms with Crippen molar-refractivity contribution < 1.29 is 9.47 Å². The molecule has 4 aromatic rings. The maximum atomic E-state index is 5.72. The van der Waals surface area contributed by atoms with Crippen LogP contribution in [0.1, 0.15) is 50.5 Å². The highest BCUT2D eigenvalue weighted by molar-refractivity contribution is 5.79. The Morgan fingerprint density at radius 2 is 1.79 bits per heavy atom. The lowest BCUT2D eigenvalue weighted by atomic mass is 10.0. The van der Waals surface area contributed by atoms with E-state index in [2.05, 4.69) is 34.5 Å². The van der Waals surface area contributed by atoms with Crippen molar-refractivity contribution in [2.24, 2.45) is 0 Å². The van der Waals surface area contributed by atoms with Crippen molar-refractivity contribution >= 4 is 0 Å². The van der Waals surface area contributed by atoms with Crippen LogP contribution < -0.4 is 0 Å². The lowest BCUT2D eigenvalue weighted by Crippen LogP contribution is -2.32. The Bertz CT molecular complexity index is 1180. The Morgan fingerprint density at radius 3 is 2.41 bits per heavy atom. The summed E-state index contributed by atoms with van der Waals surface area (Å²) in [5.74, 6) is 0.984. The second-order valence-corrected chi connectivity index (χ2v) is 7.98. The smallest absolute Gasteiger partial charge is 0.231 e. The van der Waals surface area contributed by atoms with Crippen LogP contribution in [0.5, 0.6) is 0 Å². The Balaban J connectivity index is 1.62. The van der Waals surface area contributed by atoms with Crippen molar-refractivity contribution in [2.75, 3.05) is 14.2 Å². The standard InChI is InChI=1S/C24H30N8O2/c1-5-13-24(33-3,34-4)23-26-21(32(29-23)14-6-2)15-18-12-11-17(16-25-18)19-9-7-8-10-20(19)22-27-30-31-28-22/h7-12,16H,5-6,13-15H2,1-4H3,(H,27,28,30,31). The molecule has 0 fully saturated rings. The highest BCUT2D eigenvalue weighted by atomic mass is 16.7. The molecule has 0 spiro atoms. The van der Waals surface area contributed by atoms with Gasteiger partial charge >= 0.3 is 0 Å². The minimum atomic E-state index is -0.946. The third-order valence-electron chi connectivity index (χ3n) is 5.75. The number of H-pyrrole nitrogens is 1. The molecule has 1 aromatic carbocycles. The van der Waals surface area contributed by atoms with Gasteiger partial charge in [0.1, 0.15) is 5.82 Å². The van der Waals surface area contributed by atoms with Crippen molar-refractivity contribution in [3.05, 3.63) is 59.9 Å². The molecule has 178 valence electrons. The number of nitrogens with zero attached hydrogens (tertiary/aromatic N) is 7. The van der Waals surface area contributed by atoms with E-state index < -0.39 is 5.79 Å². The Morgan fingerprint density at radius 1 is 1.00 bits per heavy atom. The lowest BCUT2D eigenvalue weighted by Gasteiger charge is -2.27. The van der Waals surface area contributed by atoms with E-state index in [9.17, 15) is 0 Å². The molecule has 0 saturated carbocycles. The summed E-state index contributed by atoms with van der Waals surface area (Å²) >= 11 is 0. The Hall–Kier alpha value is -3.50. The molecule has 0 atom stereocenters. The van der Waals surface area contributed by atoms with Gasteiger partial charge < -0.3 is 9.47 Å². The molecule has 1 N–H and O–H groups in total. The normalized spacial score (nSPS) is 11.8. The van der Waals surface area contributed by atoms with E-state index in [0.29, 0.717) is 24.5 Å². The number of hydrogen-bond acceptors (Lipinski definition) is 8. The number of pyridine rings is 1. The summed E-state index contributed by atoms with van der Waals surface area (Å²) in [5.41, 5.74) is 3.75. The van der Waals surface area contributed by atoms with Gasteiger partial charge in [0.2, 0.25) is 17.4 Å². The van der Waals surface area contributed by atoms with Gasteiger partial charge in [-0.15, -0.1) is 10.2 Å². The van der Waals surface area contributed by atoms with Crippen LogP contribution in [0.3, 0.4) is 0 Å². The number of rotatable bonds is 11. The number of aromatic nitrogens is 8. The van der Waals surface area contributed by atoms with Crippen molar-refractivity contribution in [1.82, 2.24) is 40.4 Å². The van der Waals surface area contributed by atoms with Gasteiger partial charge in [0.15, 0.2) is 0 Å². The number of aryl methyl sites for hydroxylation is 1. The molecule has 3 heterocycles. The largest absolute Gasteiger partial charge is 0.347 e. The molecule has 0 amide bonds. The van der Waals surface area contributed by atoms with Crippen molar-refractivity contribution in [1.29, 1.82) is 0 Å². The first-order valence-corrected chi connectivity index (χ1v) is 11.5. The van der Waals surface area contributed by atoms with E-state index in [4.69, 9.17) is 24.5 Å². The van der Waals surface area contributed by atoms with Gasteiger partial charge in [-0.25, -0.2) is 9.67 Å². The SMILES string of the molecule is CCCn1nc(C(CCC)(OC)OC)nc1Cc1ccc(-c2ccccc2-c2nn[nH]n2)cn1. The minimum Gasteiger partial charge on any atom is -0.347 e. The van der Waals surface area contributed by atoms with Crippen LogP contribution in [0.25, 0.3) is 22.5 Å². The van der Waals surface area contributed by atoms with Crippen molar-refractivity contribution in [3.63, 3.8) is 0 Å².